The number of allylic oxidation sites excluding steroid dienone is 1. The lowest BCUT2D eigenvalue weighted by atomic mass is 10.1. The van der Waals surface area contributed by atoms with Crippen LogP contribution in [0.4, 0.5) is 26.2 Å². The van der Waals surface area contributed by atoms with Crippen molar-refractivity contribution in [1.29, 1.82) is 0 Å². The van der Waals surface area contributed by atoms with E-state index in [1.165, 1.54) is 35.5 Å². The lowest BCUT2D eigenvalue weighted by molar-refractivity contribution is 0.262. The van der Waals surface area contributed by atoms with E-state index < -0.39 is 6.03 Å². The van der Waals surface area contributed by atoms with Crippen LogP contribution in [-0.2, 0) is 0 Å². The number of nitrogens with zero attached hydrogens (tertiary/aromatic N) is 3. The molecule has 1 aliphatic carbocycles. The van der Waals surface area contributed by atoms with Crippen molar-refractivity contribution < 1.29 is 9.18 Å². The van der Waals surface area contributed by atoms with Crippen LogP contribution in [-0.4, -0.2) is 30.8 Å². The maximum absolute atomic E-state index is 13.0. The van der Waals surface area contributed by atoms with Gasteiger partial charge in [-0.15, -0.1) is 0 Å². The molecule has 4 rings (SSSR count). The van der Waals surface area contributed by atoms with Crippen molar-refractivity contribution in [3.63, 3.8) is 0 Å². The van der Waals surface area contributed by atoms with Gasteiger partial charge in [-0.2, -0.15) is 0 Å². The largest absolute Gasteiger partial charge is 0.386 e. The molecule has 0 spiro atoms. The van der Waals surface area contributed by atoms with Gasteiger partial charge in [-0.1, -0.05) is 0 Å². The Bertz CT molecular complexity index is 1040. The highest BCUT2D eigenvalue weighted by atomic mass is 19.1. The molecule has 1 unspecified atom stereocenters. The van der Waals surface area contributed by atoms with E-state index in [2.05, 4.69) is 32.4 Å². The Morgan fingerprint density at radius 3 is 2.39 bits per heavy atom. The normalized spacial score (nSPS) is 18.6. The summed E-state index contributed by atoms with van der Waals surface area (Å²) in [6.45, 7) is 2.56. The number of aliphatic imine (C=N–C) groups is 2. The molecule has 1 heterocycles. The quantitative estimate of drug-likeness (QED) is 0.682. The Balaban J connectivity index is 1.50. The van der Waals surface area contributed by atoms with Crippen molar-refractivity contribution in [2.75, 3.05) is 22.1 Å². The van der Waals surface area contributed by atoms with Gasteiger partial charge in [-0.05, 0) is 80.3 Å². The number of benzene rings is 2. The van der Waals surface area contributed by atoms with Crippen LogP contribution in [0, 0.1) is 5.82 Å². The summed E-state index contributed by atoms with van der Waals surface area (Å²) < 4.78 is 13.0. The highest BCUT2D eigenvalue weighted by Crippen LogP contribution is 2.35. The van der Waals surface area contributed by atoms with Crippen LogP contribution in [0.2, 0.25) is 0 Å². The van der Waals surface area contributed by atoms with E-state index in [4.69, 9.17) is 5.73 Å². The van der Waals surface area contributed by atoms with E-state index in [1.54, 1.807) is 6.34 Å². The second-order valence-electron chi connectivity index (χ2n) is 7.61. The lowest BCUT2D eigenvalue weighted by Crippen LogP contribution is -2.33. The number of hydrogen-bond donors (Lipinski definition) is 3. The summed E-state index contributed by atoms with van der Waals surface area (Å²) in [4.78, 5) is 23.2. The van der Waals surface area contributed by atoms with Crippen molar-refractivity contribution in [2.24, 2.45) is 15.7 Å². The predicted octanol–water partition coefficient (Wildman–Crippen LogP) is 4.50. The number of nitrogens with two attached hydrogens (primary N) is 1. The molecule has 7 nitrogen and oxygen atoms in total. The molecule has 4 N–H and O–H groups in total. The molecule has 0 radical (unpaired) electrons. The summed E-state index contributed by atoms with van der Waals surface area (Å²) in [5, 5.41) is 5.46. The van der Waals surface area contributed by atoms with Crippen molar-refractivity contribution >= 4 is 35.3 Å². The molecular weight excluding hydrogens is 395 g/mol. The maximum atomic E-state index is 13.0. The number of urea groups is 1. The number of carbonyl (C=O) groups is 1. The van der Waals surface area contributed by atoms with E-state index in [9.17, 15) is 9.18 Å². The maximum Gasteiger partial charge on any atom is 0.323 e. The van der Waals surface area contributed by atoms with Gasteiger partial charge in [-0.3, -0.25) is 4.99 Å². The number of carbonyl (C=O) groups excluding carboxylic acids is 1. The summed E-state index contributed by atoms with van der Waals surface area (Å²) in [6.07, 6.45) is 4.65. The fourth-order valence-corrected chi connectivity index (χ4v) is 3.90. The summed E-state index contributed by atoms with van der Waals surface area (Å²) in [5.74, 6) is 0.145. The molecule has 2 aromatic rings. The van der Waals surface area contributed by atoms with E-state index in [-0.39, 0.29) is 11.9 Å². The molecule has 31 heavy (non-hydrogen) atoms. The Labute approximate surface area is 180 Å². The van der Waals surface area contributed by atoms with E-state index in [1.807, 2.05) is 24.3 Å². The molecule has 2 aliphatic rings. The molecule has 160 valence electrons. The van der Waals surface area contributed by atoms with Crippen molar-refractivity contribution in [3.05, 3.63) is 65.6 Å². The van der Waals surface area contributed by atoms with Crippen LogP contribution in [0.15, 0.2) is 69.8 Å². The van der Waals surface area contributed by atoms with Gasteiger partial charge in [0.15, 0.2) is 0 Å². The minimum atomic E-state index is -0.398. The Kier molecular flexibility index (Phi) is 5.97. The number of rotatable bonds is 3. The first-order valence-electron chi connectivity index (χ1n) is 10.3. The number of amidine groups is 1. The number of halogens is 1. The smallest absolute Gasteiger partial charge is 0.323 e. The molecule has 1 aliphatic heterocycles. The third-order valence-corrected chi connectivity index (χ3v) is 5.43. The van der Waals surface area contributed by atoms with Gasteiger partial charge in [0.2, 0.25) is 0 Å². The van der Waals surface area contributed by atoms with Gasteiger partial charge in [0.05, 0.1) is 12.6 Å². The average molecular weight is 420 g/mol. The highest BCUT2D eigenvalue weighted by Gasteiger charge is 2.25. The topological polar surface area (TPSA) is 95.1 Å². The number of anilines is 3. The third-order valence-electron chi connectivity index (χ3n) is 5.43. The van der Waals surface area contributed by atoms with Crippen LogP contribution >= 0.6 is 0 Å². The molecule has 0 saturated carbocycles. The first-order chi connectivity index (χ1) is 15.0. The van der Waals surface area contributed by atoms with Crippen LogP contribution < -0.4 is 21.3 Å². The fraction of sp³-hybridized carbons (Fsp3) is 0.261. The van der Waals surface area contributed by atoms with Crippen molar-refractivity contribution in [3.8, 4) is 0 Å². The highest BCUT2D eigenvalue weighted by molar-refractivity contribution is 6.00. The van der Waals surface area contributed by atoms with Crippen LogP contribution in [0.1, 0.15) is 26.2 Å². The molecule has 0 saturated heterocycles. The minimum absolute atomic E-state index is 0.0748. The number of amides is 2. The second-order valence-corrected chi connectivity index (χ2v) is 7.61. The van der Waals surface area contributed by atoms with Crippen LogP contribution in [0.25, 0.3) is 0 Å². The summed E-state index contributed by atoms with van der Waals surface area (Å²) in [6, 6.07) is 12.9. The van der Waals surface area contributed by atoms with Gasteiger partial charge < -0.3 is 21.3 Å². The molecule has 8 heteroatoms. The standard InChI is InChI=1S/C23H25FN6O/c1-15-20-3-2-4-21(20)30(13-22(25)27-14-26-15)19-11-9-18(10-12-19)29-23(31)28-17-7-5-16(24)6-8-17/h5-12,14-15H,2-4,13H2,1H3,(H2,25,26,27)(H2,28,29,31). The summed E-state index contributed by atoms with van der Waals surface area (Å²) in [7, 11) is 0. The predicted molar refractivity (Wildman–Crippen MR) is 123 cm³/mol. The lowest BCUT2D eigenvalue weighted by Gasteiger charge is -2.28. The zero-order valence-corrected chi connectivity index (χ0v) is 17.3. The first-order valence-corrected chi connectivity index (χ1v) is 10.3. The Morgan fingerprint density at radius 2 is 1.71 bits per heavy atom. The molecule has 0 aromatic heterocycles. The second kappa shape index (κ2) is 8.99. The summed E-state index contributed by atoms with van der Waals surface area (Å²) >= 11 is 0. The van der Waals surface area contributed by atoms with E-state index >= 15 is 0 Å². The zero-order chi connectivity index (χ0) is 21.8. The summed E-state index contributed by atoms with van der Waals surface area (Å²) in [5.41, 5.74) is 10.8. The van der Waals surface area contributed by atoms with Gasteiger partial charge in [-0.25, -0.2) is 14.2 Å². The SMILES string of the molecule is CC1N=CN=C(N)CN(c2ccc(NC(=O)Nc3ccc(F)cc3)cc2)C2=C1CCC2. The monoisotopic (exact) mass is 420 g/mol. The zero-order valence-electron chi connectivity index (χ0n) is 17.3. The molecule has 2 amide bonds. The van der Waals surface area contributed by atoms with E-state index in [0.717, 1.165) is 24.9 Å². The first kappa shape index (κ1) is 20.6. The Hall–Kier alpha value is -3.68. The van der Waals surface area contributed by atoms with Gasteiger partial charge in [0.25, 0.3) is 0 Å². The van der Waals surface area contributed by atoms with E-state index in [0.29, 0.717) is 23.8 Å². The van der Waals surface area contributed by atoms with Gasteiger partial charge in [0, 0.05) is 22.8 Å². The van der Waals surface area contributed by atoms with Crippen molar-refractivity contribution in [1.82, 2.24) is 0 Å². The molecule has 1 atom stereocenters. The van der Waals surface area contributed by atoms with Crippen molar-refractivity contribution in [2.45, 2.75) is 32.2 Å². The molecule has 0 fully saturated rings. The Morgan fingerprint density at radius 1 is 1.06 bits per heavy atom. The van der Waals surface area contributed by atoms with Gasteiger partial charge >= 0.3 is 6.03 Å². The minimum Gasteiger partial charge on any atom is -0.386 e. The van der Waals surface area contributed by atoms with Crippen LogP contribution in [0.3, 0.4) is 0 Å². The average Bonchev–Trinajstić information content (AvgIpc) is 3.24. The fourth-order valence-electron chi connectivity index (χ4n) is 3.90. The van der Waals surface area contributed by atoms with Gasteiger partial charge in [0.1, 0.15) is 18.0 Å². The molecular formula is C23H25FN6O. The molecule has 0 bridgehead atoms. The molecule has 2 aromatic carbocycles. The number of hydrogen-bond acceptors (Lipinski definition) is 5. The third kappa shape index (κ3) is 4.91. The van der Waals surface area contributed by atoms with Crippen LogP contribution in [0.5, 0.6) is 0 Å². The number of nitrogens with one attached hydrogen (secondary N) is 2.